The first-order valence-corrected chi connectivity index (χ1v) is 10.6. The fourth-order valence-corrected chi connectivity index (χ4v) is 3.44. The number of guanidine groups is 1. The lowest BCUT2D eigenvalue weighted by Gasteiger charge is -2.34. The van der Waals surface area contributed by atoms with E-state index >= 15 is 0 Å². The van der Waals surface area contributed by atoms with E-state index in [-0.39, 0.29) is 12.0 Å². The Morgan fingerprint density at radius 3 is 2.90 bits per heavy atom. The lowest BCUT2D eigenvalue weighted by Crippen LogP contribution is -2.50. The van der Waals surface area contributed by atoms with Gasteiger partial charge in [-0.2, -0.15) is 0 Å². The Balaban J connectivity index is 1.69. The average Bonchev–Trinajstić information content (AvgIpc) is 2.68. The molecule has 29 heavy (non-hydrogen) atoms. The molecule has 0 aromatic heterocycles. The van der Waals surface area contributed by atoms with Crippen LogP contribution in [0.2, 0.25) is 5.02 Å². The Kier molecular flexibility index (Phi) is 9.70. The van der Waals surface area contributed by atoms with Gasteiger partial charge in [0.25, 0.3) is 0 Å². The molecule has 8 heteroatoms. The molecule has 7 nitrogen and oxygen atoms in total. The second-order valence-corrected chi connectivity index (χ2v) is 8.14. The van der Waals surface area contributed by atoms with Gasteiger partial charge in [0.15, 0.2) is 5.96 Å². The third-order valence-electron chi connectivity index (χ3n) is 4.75. The van der Waals surface area contributed by atoms with Gasteiger partial charge >= 0.3 is 0 Å². The van der Waals surface area contributed by atoms with Crippen molar-refractivity contribution in [2.24, 2.45) is 10.9 Å². The van der Waals surface area contributed by atoms with Gasteiger partial charge in [-0.15, -0.1) is 0 Å². The number of carbonyl (C=O) groups is 1. The van der Waals surface area contributed by atoms with Crippen LogP contribution in [0.25, 0.3) is 0 Å². The Bertz CT molecular complexity index is 696. The number of halogens is 1. The van der Waals surface area contributed by atoms with E-state index in [1.165, 1.54) is 0 Å². The molecule has 162 valence electrons. The SMILES string of the molecule is CN=C(NCCC(=O)Nc1cccc(Cl)c1C)NCC1CN(CC(C)C)CCO1. The fraction of sp³-hybridized carbons (Fsp3) is 0.619. The molecule has 1 aliphatic heterocycles. The third-order valence-corrected chi connectivity index (χ3v) is 5.16. The van der Waals surface area contributed by atoms with Crippen molar-refractivity contribution in [2.45, 2.75) is 33.3 Å². The lowest BCUT2D eigenvalue weighted by atomic mass is 10.2. The van der Waals surface area contributed by atoms with Gasteiger partial charge in [0.2, 0.25) is 5.91 Å². The van der Waals surface area contributed by atoms with E-state index in [9.17, 15) is 4.79 Å². The molecular formula is C21H34ClN5O2. The van der Waals surface area contributed by atoms with Crippen molar-refractivity contribution in [1.29, 1.82) is 0 Å². The number of benzene rings is 1. The number of amides is 1. The standard InChI is InChI=1S/C21H34ClN5O2/c1-15(2)13-27-10-11-29-17(14-27)12-25-21(23-4)24-9-8-20(28)26-19-7-5-6-18(22)16(19)3/h5-7,15,17H,8-14H2,1-4H3,(H,26,28)(H2,23,24,25). The molecule has 1 atom stereocenters. The van der Waals surface area contributed by atoms with Crippen LogP contribution in [0.4, 0.5) is 5.69 Å². The molecular weight excluding hydrogens is 390 g/mol. The quantitative estimate of drug-likeness (QED) is 0.442. The number of nitrogens with zero attached hydrogens (tertiary/aromatic N) is 2. The van der Waals surface area contributed by atoms with Gasteiger partial charge in [-0.05, 0) is 30.5 Å². The third kappa shape index (κ3) is 8.20. The Morgan fingerprint density at radius 2 is 2.17 bits per heavy atom. The summed E-state index contributed by atoms with van der Waals surface area (Å²) in [5.41, 5.74) is 1.61. The van der Waals surface area contributed by atoms with Crippen LogP contribution in [0.5, 0.6) is 0 Å². The highest BCUT2D eigenvalue weighted by molar-refractivity contribution is 6.31. The summed E-state index contributed by atoms with van der Waals surface area (Å²) in [6, 6.07) is 5.48. The molecule has 1 amide bonds. The van der Waals surface area contributed by atoms with Crippen molar-refractivity contribution >= 4 is 29.2 Å². The van der Waals surface area contributed by atoms with Crippen LogP contribution in [0.3, 0.4) is 0 Å². The molecule has 1 heterocycles. The number of rotatable bonds is 8. The summed E-state index contributed by atoms with van der Waals surface area (Å²) in [6.07, 6.45) is 0.463. The van der Waals surface area contributed by atoms with Gasteiger partial charge in [0.1, 0.15) is 0 Å². The first-order chi connectivity index (χ1) is 13.9. The van der Waals surface area contributed by atoms with E-state index in [0.29, 0.717) is 36.4 Å². The predicted molar refractivity (Wildman–Crippen MR) is 120 cm³/mol. The minimum absolute atomic E-state index is 0.0711. The van der Waals surface area contributed by atoms with Crippen molar-refractivity contribution < 1.29 is 9.53 Å². The summed E-state index contributed by atoms with van der Waals surface area (Å²) < 4.78 is 5.85. The second-order valence-electron chi connectivity index (χ2n) is 7.74. The maximum absolute atomic E-state index is 12.2. The highest BCUT2D eigenvalue weighted by atomic mass is 35.5. The molecule has 0 saturated carbocycles. The Labute approximate surface area is 179 Å². The summed E-state index contributed by atoms with van der Waals surface area (Å²) in [4.78, 5) is 18.9. The highest BCUT2D eigenvalue weighted by Crippen LogP contribution is 2.22. The first kappa shape index (κ1) is 23.4. The highest BCUT2D eigenvalue weighted by Gasteiger charge is 2.21. The lowest BCUT2D eigenvalue weighted by molar-refractivity contribution is -0.116. The van der Waals surface area contributed by atoms with Crippen molar-refractivity contribution in [3.63, 3.8) is 0 Å². The minimum atomic E-state index is -0.0711. The number of hydrogen-bond donors (Lipinski definition) is 3. The zero-order valence-corrected chi connectivity index (χ0v) is 18.7. The molecule has 2 rings (SSSR count). The summed E-state index contributed by atoms with van der Waals surface area (Å²) in [5.74, 6) is 1.25. The number of hydrogen-bond acceptors (Lipinski definition) is 4. The Morgan fingerprint density at radius 1 is 1.38 bits per heavy atom. The number of morpholine rings is 1. The van der Waals surface area contributed by atoms with Crippen molar-refractivity contribution in [2.75, 3.05) is 51.7 Å². The minimum Gasteiger partial charge on any atom is -0.374 e. The molecule has 1 aromatic rings. The molecule has 0 spiro atoms. The summed E-state index contributed by atoms with van der Waals surface area (Å²) in [7, 11) is 1.72. The number of anilines is 1. The Hall–Kier alpha value is -1.83. The van der Waals surface area contributed by atoms with E-state index in [2.05, 4.69) is 39.7 Å². The molecule has 0 radical (unpaired) electrons. The van der Waals surface area contributed by atoms with E-state index in [1.54, 1.807) is 7.05 Å². The maximum Gasteiger partial charge on any atom is 0.226 e. The zero-order valence-electron chi connectivity index (χ0n) is 17.9. The van der Waals surface area contributed by atoms with Gasteiger partial charge < -0.3 is 20.7 Å². The second kappa shape index (κ2) is 12.0. The van der Waals surface area contributed by atoms with Crippen molar-refractivity contribution in [1.82, 2.24) is 15.5 Å². The van der Waals surface area contributed by atoms with E-state index in [0.717, 1.165) is 37.5 Å². The number of aliphatic imine (C=N–C) groups is 1. The van der Waals surface area contributed by atoms with Crippen LogP contribution >= 0.6 is 11.6 Å². The molecule has 1 saturated heterocycles. The van der Waals surface area contributed by atoms with Crippen LogP contribution < -0.4 is 16.0 Å². The van der Waals surface area contributed by atoms with Crippen LogP contribution in [-0.4, -0.2) is 69.2 Å². The number of carbonyl (C=O) groups excluding carboxylic acids is 1. The number of ether oxygens (including phenoxy) is 1. The summed E-state index contributed by atoms with van der Waals surface area (Å²) in [6.45, 7) is 11.3. The molecule has 3 N–H and O–H groups in total. The van der Waals surface area contributed by atoms with Gasteiger partial charge in [0.05, 0.1) is 12.7 Å². The van der Waals surface area contributed by atoms with Crippen LogP contribution in [0, 0.1) is 12.8 Å². The summed E-state index contributed by atoms with van der Waals surface area (Å²) >= 11 is 6.09. The van der Waals surface area contributed by atoms with E-state index in [1.807, 2.05) is 25.1 Å². The smallest absolute Gasteiger partial charge is 0.226 e. The van der Waals surface area contributed by atoms with E-state index < -0.39 is 0 Å². The first-order valence-electron chi connectivity index (χ1n) is 10.2. The van der Waals surface area contributed by atoms with Crippen LogP contribution in [0.1, 0.15) is 25.8 Å². The average molecular weight is 424 g/mol. The van der Waals surface area contributed by atoms with E-state index in [4.69, 9.17) is 16.3 Å². The van der Waals surface area contributed by atoms with Gasteiger partial charge in [-0.25, -0.2) is 0 Å². The zero-order chi connectivity index (χ0) is 21.2. The van der Waals surface area contributed by atoms with Gasteiger partial charge in [-0.3, -0.25) is 14.7 Å². The number of nitrogens with one attached hydrogen (secondary N) is 3. The molecule has 0 bridgehead atoms. The monoisotopic (exact) mass is 423 g/mol. The van der Waals surface area contributed by atoms with Crippen molar-refractivity contribution in [3.8, 4) is 0 Å². The maximum atomic E-state index is 12.2. The molecule has 0 aliphatic carbocycles. The van der Waals surface area contributed by atoms with Crippen LogP contribution in [0.15, 0.2) is 23.2 Å². The summed E-state index contributed by atoms with van der Waals surface area (Å²) in [5, 5.41) is 10.0. The van der Waals surface area contributed by atoms with Gasteiger partial charge in [-0.1, -0.05) is 31.5 Å². The predicted octanol–water partition coefficient (Wildman–Crippen LogP) is 2.50. The molecule has 1 aliphatic rings. The largest absolute Gasteiger partial charge is 0.374 e. The fourth-order valence-electron chi connectivity index (χ4n) is 3.27. The molecule has 1 fully saturated rings. The van der Waals surface area contributed by atoms with Gasteiger partial charge in [0, 0.05) is 56.9 Å². The van der Waals surface area contributed by atoms with Crippen molar-refractivity contribution in [3.05, 3.63) is 28.8 Å². The normalized spacial score (nSPS) is 18.0. The molecule has 1 aromatic carbocycles. The topological polar surface area (TPSA) is 78.0 Å². The van der Waals surface area contributed by atoms with Crippen LogP contribution in [-0.2, 0) is 9.53 Å². The molecule has 1 unspecified atom stereocenters.